The highest BCUT2D eigenvalue weighted by Gasteiger charge is 2.46. The van der Waals surface area contributed by atoms with Crippen LogP contribution in [0.3, 0.4) is 0 Å². The van der Waals surface area contributed by atoms with Gasteiger partial charge in [0.05, 0.1) is 11.5 Å². The van der Waals surface area contributed by atoms with Crippen molar-refractivity contribution in [3.8, 4) is 6.01 Å². The molecule has 2 saturated heterocycles. The largest absolute Gasteiger partial charge is 0.462 e. The maximum atomic E-state index is 14.8. The summed E-state index contributed by atoms with van der Waals surface area (Å²) in [6.07, 6.45) is 4.32. The van der Waals surface area contributed by atoms with Gasteiger partial charge >= 0.3 is 6.01 Å². The first-order valence-electron chi connectivity index (χ1n) is 10.8. The molecule has 0 radical (unpaired) electrons. The van der Waals surface area contributed by atoms with E-state index in [0.29, 0.717) is 24.2 Å². The lowest BCUT2D eigenvalue weighted by atomic mass is 9.62. The van der Waals surface area contributed by atoms with Crippen LogP contribution in [0.2, 0.25) is 5.15 Å². The van der Waals surface area contributed by atoms with E-state index in [1.54, 1.807) is 0 Å². The van der Waals surface area contributed by atoms with Crippen LogP contribution in [0.15, 0.2) is 6.20 Å². The Morgan fingerprint density at radius 3 is 2.87 bits per heavy atom. The zero-order chi connectivity index (χ0) is 21.8. The number of halogens is 3. The van der Waals surface area contributed by atoms with Gasteiger partial charge in [-0.3, -0.25) is 4.90 Å². The molecule has 2 atom stereocenters. The summed E-state index contributed by atoms with van der Waals surface area (Å²) in [5.41, 5.74) is 0.133. The molecule has 5 rings (SSSR count). The average Bonchev–Trinajstić information content (AvgIpc) is 3.05. The molecule has 10 heteroatoms. The van der Waals surface area contributed by atoms with Crippen molar-refractivity contribution in [3.05, 3.63) is 17.2 Å². The van der Waals surface area contributed by atoms with E-state index in [4.69, 9.17) is 16.3 Å². The maximum Gasteiger partial charge on any atom is 0.319 e. The highest BCUT2D eigenvalue weighted by Crippen LogP contribution is 2.48. The molecule has 3 aliphatic rings. The summed E-state index contributed by atoms with van der Waals surface area (Å²) >= 11 is 5.91. The Hall–Kier alpha value is -1.84. The first kappa shape index (κ1) is 21.0. The van der Waals surface area contributed by atoms with Gasteiger partial charge in [0, 0.05) is 31.9 Å². The average molecular weight is 454 g/mol. The normalized spacial score (nSPS) is 31.4. The van der Waals surface area contributed by atoms with Crippen LogP contribution in [0.5, 0.6) is 6.01 Å². The highest BCUT2D eigenvalue weighted by atomic mass is 35.5. The minimum absolute atomic E-state index is 0.0487. The number of pyridine rings is 1. The number of aromatic nitrogens is 3. The molecule has 4 heterocycles. The van der Waals surface area contributed by atoms with E-state index >= 15 is 0 Å². The van der Waals surface area contributed by atoms with Crippen LogP contribution in [-0.2, 0) is 0 Å². The summed E-state index contributed by atoms with van der Waals surface area (Å²) in [6, 6.07) is -0.0361. The molecular weight excluding hydrogens is 428 g/mol. The molecule has 0 bridgehead atoms. The van der Waals surface area contributed by atoms with Gasteiger partial charge in [-0.1, -0.05) is 11.6 Å². The van der Waals surface area contributed by atoms with Gasteiger partial charge in [0.1, 0.15) is 24.1 Å². The van der Waals surface area contributed by atoms with Crippen LogP contribution >= 0.6 is 11.6 Å². The predicted octanol–water partition coefficient (Wildman–Crippen LogP) is 2.98. The van der Waals surface area contributed by atoms with E-state index in [9.17, 15) is 13.9 Å². The minimum Gasteiger partial charge on any atom is -0.462 e. The molecule has 1 spiro atoms. The van der Waals surface area contributed by atoms with Gasteiger partial charge < -0.3 is 14.7 Å². The summed E-state index contributed by atoms with van der Waals surface area (Å²) in [5, 5.41) is 10.1. The summed E-state index contributed by atoms with van der Waals surface area (Å²) in [4.78, 5) is 16.9. The maximum absolute atomic E-state index is 14.8. The Labute approximate surface area is 184 Å². The van der Waals surface area contributed by atoms with Gasteiger partial charge in [-0.15, -0.1) is 0 Å². The molecule has 3 fully saturated rings. The number of piperidine rings is 1. The topological polar surface area (TPSA) is 74.6 Å². The zero-order valence-corrected chi connectivity index (χ0v) is 18.2. The first-order valence-corrected chi connectivity index (χ1v) is 11.1. The monoisotopic (exact) mass is 453 g/mol. The number of fused-ring (bicyclic) bond motifs is 1. The molecular formula is C21H26ClF2N5O2. The molecule has 1 aliphatic carbocycles. The summed E-state index contributed by atoms with van der Waals surface area (Å²) < 4.78 is 34.3. The number of aliphatic hydroxyl groups excluding tert-OH is 1. The fourth-order valence-corrected chi connectivity index (χ4v) is 5.48. The van der Waals surface area contributed by atoms with Crippen LogP contribution in [0.25, 0.3) is 10.9 Å². The lowest BCUT2D eigenvalue weighted by molar-refractivity contribution is -0.0396. The molecule has 0 aromatic carbocycles. The standard InChI is InChI=1S/C21H26ClF2N5O2/c1-28-9-12(23)5-13(28)10-31-20-26-17-15(8-25-18(22)16(17)24)19(27-20)29-4-2-3-21(11-29)6-14(30)7-21/h8,12-14,30H,2-7,9-11H2,1H3/t12-,13+,14?,21?/m1/s1. The Bertz CT molecular complexity index is 984. The van der Waals surface area contributed by atoms with E-state index in [-0.39, 0.29) is 40.8 Å². The number of likely N-dealkylation sites (tertiary alicyclic amines) is 1. The van der Waals surface area contributed by atoms with Crippen LogP contribution in [0.1, 0.15) is 32.1 Å². The van der Waals surface area contributed by atoms with Crippen molar-refractivity contribution >= 4 is 28.3 Å². The third-order valence-electron chi connectivity index (χ3n) is 6.94. The molecule has 31 heavy (non-hydrogen) atoms. The number of aliphatic hydroxyl groups is 1. The van der Waals surface area contributed by atoms with Crippen LogP contribution in [-0.4, -0.2) is 76.6 Å². The van der Waals surface area contributed by atoms with E-state index in [0.717, 1.165) is 38.8 Å². The molecule has 2 aliphatic heterocycles. The summed E-state index contributed by atoms with van der Waals surface area (Å²) in [5.74, 6) is -0.146. The Balaban J connectivity index is 1.47. The Morgan fingerprint density at radius 1 is 1.35 bits per heavy atom. The number of nitrogens with zero attached hydrogens (tertiary/aromatic N) is 5. The molecule has 0 unspecified atom stereocenters. The van der Waals surface area contributed by atoms with Crippen LogP contribution in [0, 0.1) is 11.2 Å². The van der Waals surface area contributed by atoms with E-state index in [1.807, 2.05) is 11.9 Å². The number of alkyl halides is 1. The van der Waals surface area contributed by atoms with Crippen molar-refractivity contribution in [2.45, 2.75) is 50.4 Å². The minimum atomic E-state index is -0.878. The number of rotatable bonds is 4. The Morgan fingerprint density at radius 2 is 2.16 bits per heavy atom. The smallest absolute Gasteiger partial charge is 0.319 e. The molecule has 7 nitrogen and oxygen atoms in total. The van der Waals surface area contributed by atoms with Crippen molar-refractivity contribution in [1.29, 1.82) is 0 Å². The van der Waals surface area contributed by atoms with Gasteiger partial charge in [-0.05, 0) is 44.6 Å². The summed E-state index contributed by atoms with van der Waals surface area (Å²) in [7, 11) is 1.85. The molecule has 2 aromatic heterocycles. The number of ether oxygens (including phenoxy) is 1. The van der Waals surface area contributed by atoms with E-state index in [1.165, 1.54) is 6.20 Å². The van der Waals surface area contributed by atoms with Gasteiger partial charge in [0.15, 0.2) is 11.0 Å². The molecule has 168 valence electrons. The van der Waals surface area contributed by atoms with Crippen molar-refractivity contribution in [3.63, 3.8) is 0 Å². The van der Waals surface area contributed by atoms with Gasteiger partial charge in [-0.2, -0.15) is 9.97 Å². The fraction of sp³-hybridized carbons (Fsp3) is 0.667. The lowest BCUT2D eigenvalue weighted by Crippen LogP contribution is -2.52. The van der Waals surface area contributed by atoms with Crippen molar-refractivity contribution < 1.29 is 18.6 Å². The predicted molar refractivity (Wildman–Crippen MR) is 113 cm³/mol. The van der Waals surface area contributed by atoms with E-state index in [2.05, 4.69) is 19.9 Å². The van der Waals surface area contributed by atoms with Crippen LogP contribution in [0.4, 0.5) is 14.6 Å². The van der Waals surface area contributed by atoms with Gasteiger partial charge in [-0.25, -0.2) is 13.8 Å². The quantitative estimate of drug-likeness (QED) is 0.713. The number of hydrogen-bond donors (Lipinski definition) is 1. The molecule has 1 N–H and O–H groups in total. The second kappa shape index (κ2) is 7.94. The second-order valence-electron chi connectivity index (χ2n) is 9.28. The van der Waals surface area contributed by atoms with Gasteiger partial charge in [0.2, 0.25) is 0 Å². The third-order valence-corrected chi connectivity index (χ3v) is 7.20. The summed E-state index contributed by atoms with van der Waals surface area (Å²) in [6.45, 7) is 2.09. The number of likely N-dealkylation sites (N-methyl/N-ethyl adjacent to an activating group) is 1. The molecule has 1 saturated carbocycles. The Kier molecular flexibility index (Phi) is 5.38. The fourth-order valence-electron chi connectivity index (χ4n) is 5.34. The lowest BCUT2D eigenvalue weighted by Gasteiger charge is -2.51. The molecule has 2 aromatic rings. The number of hydrogen-bond acceptors (Lipinski definition) is 7. The highest BCUT2D eigenvalue weighted by molar-refractivity contribution is 6.30. The SMILES string of the molecule is CN1C[C@H](F)C[C@H]1COc1nc(N2CCCC3(CC(O)C3)C2)c2cnc(Cl)c(F)c2n1. The first-order chi connectivity index (χ1) is 14.8. The second-order valence-corrected chi connectivity index (χ2v) is 9.64. The van der Waals surface area contributed by atoms with Crippen molar-refractivity contribution in [2.75, 3.05) is 38.2 Å². The van der Waals surface area contributed by atoms with Crippen molar-refractivity contribution in [2.24, 2.45) is 5.41 Å². The molecule has 0 amide bonds. The van der Waals surface area contributed by atoms with Crippen molar-refractivity contribution in [1.82, 2.24) is 19.9 Å². The number of anilines is 1. The van der Waals surface area contributed by atoms with Gasteiger partial charge in [0.25, 0.3) is 0 Å². The third kappa shape index (κ3) is 3.91. The van der Waals surface area contributed by atoms with Crippen LogP contribution < -0.4 is 9.64 Å². The zero-order valence-electron chi connectivity index (χ0n) is 17.4. The van der Waals surface area contributed by atoms with E-state index < -0.39 is 12.0 Å².